The zero-order chi connectivity index (χ0) is 24.3. The van der Waals surface area contributed by atoms with Crippen LogP contribution in [0.5, 0.6) is 11.5 Å². The van der Waals surface area contributed by atoms with Crippen LogP contribution in [0.3, 0.4) is 0 Å². The summed E-state index contributed by atoms with van der Waals surface area (Å²) in [7, 11) is 3.16. The van der Waals surface area contributed by atoms with Gasteiger partial charge in [-0.1, -0.05) is 18.2 Å². The van der Waals surface area contributed by atoms with Crippen molar-refractivity contribution in [2.75, 3.05) is 34.0 Å². The van der Waals surface area contributed by atoms with Gasteiger partial charge in [-0.3, -0.25) is 9.59 Å². The van der Waals surface area contributed by atoms with E-state index in [1.807, 2.05) is 30.5 Å². The van der Waals surface area contributed by atoms with E-state index in [4.69, 9.17) is 14.2 Å². The minimum absolute atomic E-state index is 0.215. The maximum absolute atomic E-state index is 12.5. The molecular weight excluding hydrogens is 454 g/mol. The van der Waals surface area contributed by atoms with Crippen molar-refractivity contribution in [3.8, 4) is 11.5 Å². The van der Waals surface area contributed by atoms with Crippen molar-refractivity contribution in [1.82, 2.24) is 10.7 Å². The third-order valence-corrected chi connectivity index (χ3v) is 5.97. The van der Waals surface area contributed by atoms with Crippen LogP contribution >= 0.6 is 11.3 Å². The number of fused-ring (bicyclic) bond motifs is 1. The first-order valence-electron chi connectivity index (χ1n) is 11.0. The van der Waals surface area contributed by atoms with Crippen LogP contribution in [-0.4, -0.2) is 51.5 Å². The van der Waals surface area contributed by atoms with Crippen molar-refractivity contribution in [2.24, 2.45) is 5.10 Å². The van der Waals surface area contributed by atoms with Crippen molar-refractivity contribution < 1.29 is 23.8 Å². The van der Waals surface area contributed by atoms with Crippen molar-refractivity contribution in [3.63, 3.8) is 0 Å². The average Bonchev–Trinajstić information content (AvgIpc) is 3.29. The van der Waals surface area contributed by atoms with E-state index >= 15 is 0 Å². The summed E-state index contributed by atoms with van der Waals surface area (Å²) < 4.78 is 17.1. The molecule has 0 atom stereocenters. The summed E-state index contributed by atoms with van der Waals surface area (Å²) in [5, 5.41) is 10.1. The van der Waals surface area contributed by atoms with E-state index < -0.39 is 11.8 Å². The smallest absolute Gasteiger partial charge is 0.259 e. The Labute approximate surface area is 202 Å². The molecule has 0 radical (unpaired) electrons. The summed E-state index contributed by atoms with van der Waals surface area (Å²) in [5.41, 5.74) is 4.69. The standard InChI is InChI=1S/C25H29N3O5S/c1-4-33-21-12-11-17(14-22(21)32-3)25(30)26-15-24(29)28-27-20(9-7-13-31-2)19-16-34-23-10-6-5-8-18(19)23/h5-6,8,10-12,14,16H,4,7,9,13,15H2,1-3H3,(H,26,30)(H,28,29). The second-order valence-corrected chi connectivity index (χ2v) is 8.23. The highest BCUT2D eigenvalue weighted by Crippen LogP contribution is 2.28. The number of nitrogens with zero attached hydrogens (tertiary/aromatic N) is 1. The normalized spacial score (nSPS) is 11.3. The molecule has 2 amide bonds. The molecule has 1 aromatic heterocycles. The number of benzene rings is 2. The summed E-state index contributed by atoms with van der Waals surface area (Å²) in [6.07, 6.45) is 1.42. The van der Waals surface area contributed by atoms with Gasteiger partial charge in [-0.25, -0.2) is 5.43 Å². The van der Waals surface area contributed by atoms with Gasteiger partial charge in [0.15, 0.2) is 11.5 Å². The summed E-state index contributed by atoms with van der Waals surface area (Å²) in [4.78, 5) is 24.9. The van der Waals surface area contributed by atoms with Crippen molar-refractivity contribution in [3.05, 3.63) is 59.0 Å². The molecule has 2 aromatic carbocycles. The van der Waals surface area contributed by atoms with Crippen LogP contribution in [0.25, 0.3) is 10.1 Å². The largest absolute Gasteiger partial charge is 0.493 e. The zero-order valence-electron chi connectivity index (χ0n) is 19.6. The molecule has 3 aromatic rings. The number of hydrazone groups is 1. The van der Waals surface area contributed by atoms with Gasteiger partial charge >= 0.3 is 0 Å². The highest BCUT2D eigenvalue weighted by atomic mass is 32.1. The van der Waals surface area contributed by atoms with Crippen molar-refractivity contribution in [2.45, 2.75) is 19.8 Å². The van der Waals surface area contributed by atoms with E-state index in [9.17, 15) is 9.59 Å². The Morgan fingerprint density at radius 2 is 1.91 bits per heavy atom. The van der Waals surface area contributed by atoms with E-state index in [2.05, 4.69) is 21.9 Å². The maximum Gasteiger partial charge on any atom is 0.259 e. The van der Waals surface area contributed by atoms with Gasteiger partial charge in [0.25, 0.3) is 11.8 Å². The zero-order valence-corrected chi connectivity index (χ0v) is 20.4. The Hall–Kier alpha value is -3.43. The van der Waals surface area contributed by atoms with E-state index in [1.165, 1.54) is 7.11 Å². The summed E-state index contributed by atoms with van der Waals surface area (Å²) in [5.74, 6) is 0.183. The van der Waals surface area contributed by atoms with Crippen LogP contribution in [0, 0.1) is 0 Å². The molecule has 0 aliphatic rings. The van der Waals surface area contributed by atoms with Gasteiger partial charge < -0.3 is 19.5 Å². The van der Waals surface area contributed by atoms with Gasteiger partial charge in [0.1, 0.15) is 0 Å². The van der Waals surface area contributed by atoms with Gasteiger partial charge in [0.05, 0.1) is 26.0 Å². The Morgan fingerprint density at radius 1 is 1.09 bits per heavy atom. The van der Waals surface area contributed by atoms with Crippen LogP contribution in [0.2, 0.25) is 0 Å². The number of hydrogen-bond donors (Lipinski definition) is 2. The van der Waals surface area contributed by atoms with Gasteiger partial charge in [-0.15, -0.1) is 11.3 Å². The monoisotopic (exact) mass is 483 g/mol. The van der Waals surface area contributed by atoms with Crippen LogP contribution in [0.15, 0.2) is 52.9 Å². The van der Waals surface area contributed by atoms with Gasteiger partial charge in [-0.2, -0.15) is 5.10 Å². The lowest BCUT2D eigenvalue weighted by molar-refractivity contribution is -0.120. The van der Waals surface area contributed by atoms with Gasteiger partial charge in [0.2, 0.25) is 0 Å². The van der Waals surface area contributed by atoms with Crippen molar-refractivity contribution >= 4 is 38.9 Å². The van der Waals surface area contributed by atoms with E-state index in [-0.39, 0.29) is 6.54 Å². The number of amides is 2. The van der Waals surface area contributed by atoms with E-state index in [1.54, 1.807) is 36.6 Å². The average molecular weight is 484 g/mol. The maximum atomic E-state index is 12.5. The molecule has 0 aliphatic carbocycles. The third-order valence-electron chi connectivity index (χ3n) is 5.00. The van der Waals surface area contributed by atoms with Crippen molar-refractivity contribution in [1.29, 1.82) is 0 Å². The molecule has 3 rings (SSSR count). The molecule has 0 spiro atoms. The predicted molar refractivity (Wildman–Crippen MR) is 134 cm³/mol. The Bertz CT molecular complexity index is 1160. The second-order valence-electron chi connectivity index (χ2n) is 7.32. The first-order chi connectivity index (χ1) is 16.6. The van der Waals surface area contributed by atoms with E-state index in [0.717, 1.165) is 27.8 Å². The van der Waals surface area contributed by atoms with Crippen LogP contribution in [-0.2, 0) is 9.53 Å². The van der Waals surface area contributed by atoms with Gasteiger partial charge in [-0.05, 0) is 44.0 Å². The lowest BCUT2D eigenvalue weighted by atomic mass is 10.1. The second kappa shape index (κ2) is 12.7. The van der Waals surface area contributed by atoms with Crippen LogP contribution in [0.4, 0.5) is 0 Å². The number of rotatable bonds is 12. The molecule has 34 heavy (non-hydrogen) atoms. The minimum atomic E-state index is -0.421. The molecule has 1 heterocycles. The number of carbonyl (C=O) groups excluding carboxylic acids is 2. The molecule has 8 nitrogen and oxygen atoms in total. The van der Waals surface area contributed by atoms with Crippen LogP contribution < -0.4 is 20.2 Å². The fraction of sp³-hybridized carbons (Fsp3) is 0.320. The molecular formula is C25H29N3O5S. The number of nitrogens with one attached hydrogen (secondary N) is 2. The lowest BCUT2D eigenvalue weighted by Crippen LogP contribution is -2.35. The number of methoxy groups -OCH3 is 2. The number of ether oxygens (including phenoxy) is 3. The Kier molecular flexibility index (Phi) is 9.42. The molecule has 0 bridgehead atoms. The molecule has 0 aliphatic heterocycles. The quantitative estimate of drug-likeness (QED) is 0.231. The number of hydrogen-bond acceptors (Lipinski definition) is 7. The molecule has 2 N–H and O–H groups in total. The topological polar surface area (TPSA) is 98.2 Å². The SMILES string of the molecule is CCOc1ccc(C(=O)NCC(=O)NN=C(CCCOC)c2csc3ccccc23)cc1OC. The number of carbonyl (C=O) groups is 2. The molecule has 0 unspecified atom stereocenters. The minimum Gasteiger partial charge on any atom is -0.493 e. The summed E-state index contributed by atoms with van der Waals surface area (Å²) >= 11 is 1.63. The van der Waals surface area contributed by atoms with Crippen LogP contribution in [0.1, 0.15) is 35.7 Å². The molecule has 9 heteroatoms. The molecule has 0 saturated heterocycles. The molecule has 180 valence electrons. The third kappa shape index (κ3) is 6.55. The lowest BCUT2D eigenvalue weighted by Gasteiger charge is -2.11. The highest BCUT2D eigenvalue weighted by Gasteiger charge is 2.14. The van der Waals surface area contributed by atoms with Gasteiger partial charge in [0, 0.05) is 40.3 Å². The predicted octanol–water partition coefficient (Wildman–Crippen LogP) is 3.99. The molecule has 0 saturated carbocycles. The summed E-state index contributed by atoms with van der Waals surface area (Å²) in [6.45, 7) is 2.73. The Morgan fingerprint density at radius 3 is 2.68 bits per heavy atom. The first-order valence-corrected chi connectivity index (χ1v) is 11.8. The fourth-order valence-electron chi connectivity index (χ4n) is 3.35. The number of thiophene rings is 1. The molecule has 0 fully saturated rings. The highest BCUT2D eigenvalue weighted by molar-refractivity contribution is 7.17. The summed E-state index contributed by atoms with van der Waals surface area (Å²) in [6, 6.07) is 12.9. The Balaban J connectivity index is 1.64. The first kappa shape index (κ1) is 25.2. The van der Waals surface area contributed by atoms with E-state index in [0.29, 0.717) is 36.7 Å². The fourth-order valence-corrected chi connectivity index (χ4v) is 4.32.